The smallest absolute Gasteiger partial charge is 0.142 e. The van der Waals surface area contributed by atoms with Crippen LogP contribution in [0.4, 0.5) is 5.69 Å². The minimum atomic E-state index is 0.390. The third-order valence-corrected chi connectivity index (χ3v) is 4.07. The highest BCUT2D eigenvalue weighted by Crippen LogP contribution is 2.37. The van der Waals surface area contributed by atoms with Gasteiger partial charge in [0.25, 0.3) is 0 Å². The summed E-state index contributed by atoms with van der Waals surface area (Å²) in [6.45, 7) is 4.24. The highest BCUT2D eigenvalue weighted by Gasteiger charge is 2.23. The van der Waals surface area contributed by atoms with Crippen LogP contribution in [0.15, 0.2) is 36.4 Å². The summed E-state index contributed by atoms with van der Waals surface area (Å²) in [5, 5.41) is 3.65. The van der Waals surface area contributed by atoms with Crippen LogP contribution >= 0.6 is 0 Å². The second kappa shape index (κ2) is 5.20. The van der Waals surface area contributed by atoms with Gasteiger partial charge in [-0.05, 0) is 55.5 Å². The average Bonchev–Trinajstić information content (AvgIpc) is 2.83. The van der Waals surface area contributed by atoms with Crippen LogP contribution in [0.1, 0.15) is 34.7 Å². The van der Waals surface area contributed by atoms with E-state index in [4.69, 9.17) is 4.74 Å². The van der Waals surface area contributed by atoms with Crippen molar-refractivity contribution in [2.24, 2.45) is 0 Å². The van der Waals surface area contributed by atoms with Crippen LogP contribution in [0, 0.1) is 13.8 Å². The van der Waals surface area contributed by atoms with E-state index in [9.17, 15) is 0 Å². The lowest BCUT2D eigenvalue weighted by atomic mass is 10.0. The van der Waals surface area contributed by atoms with Gasteiger partial charge in [0, 0.05) is 0 Å². The summed E-state index contributed by atoms with van der Waals surface area (Å²) in [5.41, 5.74) is 6.53. The summed E-state index contributed by atoms with van der Waals surface area (Å²) in [6, 6.07) is 13.5. The fourth-order valence-electron chi connectivity index (χ4n) is 2.98. The predicted octanol–water partition coefficient (Wildman–Crippen LogP) is 4.41. The van der Waals surface area contributed by atoms with Crippen molar-refractivity contribution in [3.63, 3.8) is 0 Å². The molecule has 3 rings (SSSR count). The van der Waals surface area contributed by atoms with Crippen LogP contribution in [-0.2, 0) is 6.42 Å². The van der Waals surface area contributed by atoms with Crippen LogP contribution in [0.3, 0.4) is 0 Å². The quantitative estimate of drug-likeness (QED) is 0.889. The Morgan fingerprint density at radius 3 is 2.60 bits per heavy atom. The van der Waals surface area contributed by atoms with E-state index in [1.165, 1.54) is 22.3 Å². The van der Waals surface area contributed by atoms with Crippen LogP contribution in [-0.4, -0.2) is 7.11 Å². The first-order valence-electron chi connectivity index (χ1n) is 7.18. The monoisotopic (exact) mass is 267 g/mol. The third kappa shape index (κ3) is 2.38. The van der Waals surface area contributed by atoms with Crippen molar-refractivity contribution in [1.29, 1.82) is 0 Å². The molecule has 0 aliphatic heterocycles. The van der Waals surface area contributed by atoms with Gasteiger partial charge in [-0.3, -0.25) is 0 Å². The standard InChI is InChI=1S/C18H21NO/c1-12-4-6-14-7-9-16(15(14)10-12)19-17-8-5-13(2)11-18(17)20-3/h4-6,8,10-11,16,19H,7,9H2,1-3H3. The van der Waals surface area contributed by atoms with Crippen molar-refractivity contribution in [1.82, 2.24) is 0 Å². The lowest BCUT2D eigenvalue weighted by Crippen LogP contribution is -2.08. The molecular weight excluding hydrogens is 246 g/mol. The number of rotatable bonds is 3. The summed E-state index contributed by atoms with van der Waals surface area (Å²) < 4.78 is 5.49. The molecule has 2 aromatic carbocycles. The molecule has 0 spiro atoms. The molecule has 0 radical (unpaired) electrons. The second-order valence-corrected chi connectivity index (χ2v) is 5.64. The van der Waals surface area contributed by atoms with Gasteiger partial charge < -0.3 is 10.1 Å². The summed E-state index contributed by atoms with van der Waals surface area (Å²) in [6.07, 6.45) is 2.30. The fraction of sp³-hybridized carbons (Fsp3) is 0.333. The summed E-state index contributed by atoms with van der Waals surface area (Å²) in [4.78, 5) is 0. The van der Waals surface area contributed by atoms with E-state index in [0.717, 1.165) is 24.3 Å². The molecule has 20 heavy (non-hydrogen) atoms. The molecule has 2 nitrogen and oxygen atoms in total. The molecule has 1 N–H and O–H groups in total. The Morgan fingerprint density at radius 1 is 1.05 bits per heavy atom. The van der Waals surface area contributed by atoms with Gasteiger partial charge in [-0.25, -0.2) is 0 Å². The molecule has 1 atom stereocenters. The largest absolute Gasteiger partial charge is 0.495 e. The minimum absolute atomic E-state index is 0.390. The molecule has 2 aromatic rings. The molecule has 2 heteroatoms. The number of nitrogens with one attached hydrogen (secondary N) is 1. The summed E-state index contributed by atoms with van der Waals surface area (Å²) >= 11 is 0. The van der Waals surface area contributed by atoms with Crippen molar-refractivity contribution >= 4 is 5.69 Å². The molecule has 1 aliphatic rings. The van der Waals surface area contributed by atoms with E-state index in [2.05, 4.69) is 55.6 Å². The van der Waals surface area contributed by atoms with Crippen molar-refractivity contribution in [3.05, 3.63) is 58.7 Å². The van der Waals surface area contributed by atoms with E-state index in [-0.39, 0.29) is 0 Å². The van der Waals surface area contributed by atoms with Crippen LogP contribution in [0.2, 0.25) is 0 Å². The first-order chi connectivity index (χ1) is 9.67. The van der Waals surface area contributed by atoms with Crippen molar-refractivity contribution in [2.45, 2.75) is 32.7 Å². The van der Waals surface area contributed by atoms with Gasteiger partial charge in [0.2, 0.25) is 0 Å². The maximum atomic E-state index is 5.49. The maximum absolute atomic E-state index is 5.49. The second-order valence-electron chi connectivity index (χ2n) is 5.64. The molecule has 0 heterocycles. The Kier molecular flexibility index (Phi) is 3.39. The van der Waals surface area contributed by atoms with Crippen LogP contribution in [0.25, 0.3) is 0 Å². The van der Waals surface area contributed by atoms with E-state index < -0.39 is 0 Å². The SMILES string of the molecule is COc1cc(C)ccc1NC1CCc2ccc(C)cc21. The highest BCUT2D eigenvalue weighted by molar-refractivity contribution is 5.59. The van der Waals surface area contributed by atoms with Gasteiger partial charge in [0.05, 0.1) is 18.8 Å². The first-order valence-corrected chi connectivity index (χ1v) is 7.18. The Labute approximate surface area is 120 Å². The zero-order valence-electron chi connectivity index (χ0n) is 12.4. The molecule has 1 unspecified atom stereocenters. The molecule has 0 aromatic heterocycles. The van der Waals surface area contributed by atoms with Gasteiger partial charge in [0.1, 0.15) is 5.75 Å². The Balaban J connectivity index is 1.89. The molecule has 0 fully saturated rings. The van der Waals surface area contributed by atoms with Gasteiger partial charge in [0.15, 0.2) is 0 Å². The number of benzene rings is 2. The zero-order valence-corrected chi connectivity index (χ0v) is 12.4. The average molecular weight is 267 g/mol. The molecule has 0 saturated heterocycles. The number of aryl methyl sites for hydroxylation is 3. The van der Waals surface area contributed by atoms with Gasteiger partial charge in [-0.15, -0.1) is 0 Å². The van der Waals surface area contributed by atoms with Gasteiger partial charge >= 0.3 is 0 Å². The van der Waals surface area contributed by atoms with E-state index in [1.807, 2.05) is 0 Å². The minimum Gasteiger partial charge on any atom is -0.495 e. The molecule has 0 amide bonds. The van der Waals surface area contributed by atoms with E-state index in [1.54, 1.807) is 7.11 Å². The van der Waals surface area contributed by atoms with Crippen molar-refractivity contribution in [2.75, 3.05) is 12.4 Å². The van der Waals surface area contributed by atoms with Crippen molar-refractivity contribution < 1.29 is 4.74 Å². The van der Waals surface area contributed by atoms with E-state index in [0.29, 0.717) is 6.04 Å². The zero-order chi connectivity index (χ0) is 14.1. The molecular formula is C18H21NO. The molecule has 0 saturated carbocycles. The summed E-state index contributed by atoms with van der Waals surface area (Å²) in [7, 11) is 1.73. The van der Waals surface area contributed by atoms with Crippen LogP contribution < -0.4 is 10.1 Å². The van der Waals surface area contributed by atoms with Crippen LogP contribution in [0.5, 0.6) is 5.75 Å². The molecule has 104 valence electrons. The Bertz CT molecular complexity index is 633. The molecule has 1 aliphatic carbocycles. The predicted molar refractivity (Wildman–Crippen MR) is 83.6 cm³/mol. The molecule has 0 bridgehead atoms. The number of hydrogen-bond acceptors (Lipinski definition) is 2. The lowest BCUT2D eigenvalue weighted by Gasteiger charge is -2.18. The number of anilines is 1. The third-order valence-electron chi connectivity index (χ3n) is 4.07. The lowest BCUT2D eigenvalue weighted by molar-refractivity contribution is 0.415. The fourth-order valence-corrected chi connectivity index (χ4v) is 2.98. The maximum Gasteiger partial charge on any atom is 0.142 e. The van der Waals surface area contributed by atoms with E-state index >= 15 is 0 Å². The Hall–Kier alpha value is -1.96. The topological polar surface area (TPSA) is 21.3 Å². The summed E-state index contributed by atoms with van der Waals surface area (Å²) in [5.74, 6) is 0.922. The first kappa shape index (κ1) is 13.0. The normalized spacial score (nSPS) is 16.9. The van der Waals surface area contributed by atoms with Crippen molar-refractivity contribution in [3.8, 4) is 5.75 Å². The highest BCUT2D eigenvalue weighted by atomic mass is 16.5. The van der Waals surface area contributed by atoms with Gasteiger partial charge in [-0.1, -0.05) is 29.8 Å². The van der Waals surface area contributed by atoms with Gasteiger partial charge in [-0.2, -0.15) is 0 Å². The number of hydrogen-bond donors (Lipinski definition) is 1. The number of methoxy groups -OCH3 is 1. The number of fused-ring (bicyclic) bond motifs is 1. The number of ether oxygens (including phenoxy) is 1. The Morgan fingerprint density at radius 2 is 1.80 bits per heavy atom.